The van der Waals surface area contributed by atoms with Gasteiger partial charge in [0.05, 0.1) is 0 Å². The van der Waals surface area contributed by atoms with Gasteiger partial charge in [-0.15, -0.1) is 0 Å². The summed E-state index contributed by atoms with van der Waals surface area (Å²) in [6.07, 6.45) is 2.24. The van der Waals surface area contributed by atoms with E-state index in [1.807, 2.05) is 30.3 Å². The van der Waals surface area contributed by atoms with Gasteiger partial charge in [0.2, 0.25) is 11.7 Å². The van der Waals surface area contributed by atoms with E-state index in [2.05, 4.69) is 32.4 Å². The van der Waals surface area contributed by atoms with E-state index in [-0.39, 0.29) is 11.7 Å². The number of rotatable bonds is 4. The molecule has 2 aromatic heterocycles. The molecular formula is C18H15N5O2. The van der Waals surface area contributed by atoms with Crippen molar-refractivity contribution in [3.05, 3.63) is 60.2 Å². The summed E-state index contributed by atoms with van der Waals surface area (Å²) in [6.45, 7) is 2.11. The second-order valence-corrected chi connectivity index (χ2v) is 5.54. The van der Waals surface area contributed by atoms with Gasteiger partial charge in [-0.3, -0.25) is 9.89 Å². The molecule has 7 heteroatoms. The molecule has 0 saturated carbocycles. The molecular weight excluding hydrogens is 318 g/mol. The first kappa shape index (κ1) is 15.1. The first-order valence-corrected chi connectivity index (χ1v) is 7.89. The summed E-state index contributed by atoms with van der Waals surface area (Å²) in [5.41, 5.74) is 4.31. The quantitative estimate of drug-likeness (QED) is 0.596. The van der Waals surface area contributed by atoms with Crippen LogP contribution in [-0.2, 0) is 6.42 Å². The van der Waals surface area contributed by atoms with Crippen molar-refractivity contribution in [2.24, 2.45) is 0 Å². The fraction of sp³-hybridized carbons (Fsp3) is 0.111. The zero-order chi connectivity index (χ0) is 17.2. The molecule has 0 spiro atoms. The summed E-state index contributed by atoms with van der Waals surface area (Å²) in [6, 6.07) is 13.3. The molecule has 0 aliphatic heterocycles. The van der Waals surface area contributed by atoms with Gasteiger partial charge >= 0.3 is 0 Å². The third kappa shape index (κ3) is 2.99. The molecule has 25 heavy (non-hydrogen) atoms. The van der Waals surface area contributed by atoms with Crippen molar-refractivity contribution >= 4 is 22.7 Å². The van der Waals surface area contributed by atoms with E-state index < -0.39 is 0 Å². The number of hydrogen-bond donors (Lipinski definition) is 2. The van der Waals surface area contributed by atoms with Crippen LogP contribution in [0.15, 0.2) is 53.2 Å². The normalized spacial score (nSPS) is 10.9. The van der Waals surface area contributed by atoms with Gasteiger partial charge in [-0.2, -0.15) is 5.10 Å². The maximum Gasteiger partial charge on any atom is 0.292 e. The number of H-pyrrole nitrogens is 1. The van der Waals surface area contributed by atoms with Gasteiger partial charge in [0, 0.05) is 11.3 Å². The standard InChI is InChI=1S/C18H15N5O2/c1-2-11-3-8-15-14(9-11)22-18(25-15)12-4-6-13(7-5-12)21-17(24)16-19-10-20-23-16/h3-10H,2H2,1H3,(H,21,24)(H,19,20,23). The molecule has 0 saturated heterocycles. The summed E-state index contributed by atoms with van der Waals surface area (Å²) in [7, 11) is 0. The number of carbonyl (C=O) groups excluding carboxylic acids is 1. The number of carbonyl (C=O) groups is 1. The average Bonchev–Trinajstić information content (AvgIpc) is 3.31. The van der Waals surface area contributed by atoms with Crippen molar-refractivity contribution in [2.75, 3.05) is 5.32 Å². The summed E-state index contributed by atoms with van der Waals surface area (Å²) in [5, 5.41) is 8.92. The molecule has 7 nitrogen and oxygen atoms in total. The van der Waals surface area contributed by atoms with Crippen LogP contribution in [0.3, 0.4) is 0 Å². The number of nitrogens with one attached hydrogen (secondary N) is 2. The predicted octanol–water partition coefficient (Wildman–Crippen LogP) is 3.43. The maximum absolute atomic E-state index is 11.9. The number of nitrogens with zero attached hydrogens (tertiary/aromatic N) is 3. The van der Waals surface area contributed by atoms with E-state index in [0.29, 0.717) is 11.6 Å². The van der Waals surface area contributed by atoms with Crippen LogP contribution in [0.5, 0.6) is 0 Å². The zero-order valence-corrected chi connectivity index (χ0v) is 13.5. The molecule has 0 aliphatic carbocycles. The third-order valence-electron chi connectivity index (χ3n) is 3.88. The van der Waals surface area contributed by atoms with Crippen LogP contribution in [0.2, 0.25) is 0 Å². The molecule has 0 aliphatic rings. The van der Waals surface area contributed by atoms with Gasteiger partial charge in [-0.25, -0.2) is 9.97 Å². The number of benzene rings is 2. The Morgan fingerprint density at radius 1 is 1.20 bits per heavy atom. The van der Waals surface area contributed by atoms with Crippen molar-refractivity contribution in [2.45, 2.75) is 13.3 Å². The van der Waals surface area contributed by atoms with Crippen LogP contribution in [-0.4, -0.2) is 26.1 Å². The molecule has 2 aromatic carbocycles. The lowest BCUT2D eigenvalue weighted by Crippen LogP contribution is -2.13. The van der Waals surface area contributed by atoms with Crippen LogP contribution in [0, 0.1) is 0 Å². The van der Waals surface area contributed by atoms with Crippen molar-refractivity contribution in [3.63, 3.8) is 0 Å². The molecule has 0 fully saturated rings. The molecule has 0 atom stereocenters. The molecule has 124 valence electrons. The summed E-state index contributed by atoms with van der Waals surface area (Å²) in [4.78, 5) is 20.3. The molecule has 4 aromatic rings. The highest BCUT2D eigenvalue weighted by atomic mass is 16.3. The summed E-state index contributed by atoms with van der Waals surface area (Å²) in [5.74, 6) is 0.366. The van der Waals surface area contributed by atoms with Crippen LogP contribution < -0.4 is 5.32 Å². The highest BCUT2D eigenvalue weighted by molar-refractivity contribution is 6.01. The van der Waals surface area contributed by atoms with Crippen LogP contribution in [0.4, 0.5) is 5.69 Å². The second-order valence-electron chi connectivity index (χ2n) is 5.54. The number of amides is 1. The van der Waals surface area contributed by atoms with Gasteiger partial charge in [0.1, 0.15) is 11.8 Å². The molecule has 0 radical (unpaired) electrons. The van der Waals surface area contributed by atoms with E-state index >= 15 is 0 Å². The van der Waals surface area contributed by atoms with E-state index in [1.54, 1.807) is 12.1 Å². The number of hydrogen-bond acceptors (Lipinski definition) is 5. The van der Waals surface area contributed by atoms with Gasteiger partial charge in [-0.05, 0) is 48.4 Å². The van der Waals surface area contributed by atoms with E-state index in [0.717, 1.165) is 23.1 Å². The van der Waals surface area contributed by atoms with E-state index in [9.17, 15) is 4.79 Å². The number of fused-ring (bicyclic) bond motifs is 1. The first-order valence-electron chi connectivity index (χ1n) is 7.89. The summed E-state index contributed by atoms with van der Waals surface area (Å²) < 4.78 is 5.81. The number of anilines is 1. The van der Waals surface area contributed by atoms with E-state index in [4.69, 9.17) is 4.42 Å². The van der Waals surface area contributed by atoms with Crippen molar-refractivity contribution < 1.29 is 9.21 Å². The minimum absolute atomic E-state index is 0.162. The van der Waals surface area contributed by atoms with Gasteiger partial charge in [0.15, 0.2) is 5.58 Å². The topological polar surface area (TPSA) is 96.7 Å². The van der Waals surface area contributed by atoms with Gasteiger partial charge in [-0.1, -0.05) is 13.0 Å². The van der Waals surface area contributed by atoms with Crippen molar-refractivity contribution in [1.29, 1.82) is 0 Å². The Bertz CT molecular complexity index is 1020. The Labute approximate surface area is 143 Å². The molecule has 0 unspecified atom stereocenters. The van der Waals surface area contributed by atoms with Gasteiger partial charge in [0.25, 0.3) is 5.91 Å². The smallest absolute Gasteiger partial charge is 0.292 e. The Hall–Kier alpha value is -3.48. The van der Waals surface area contributed by atoms with Crippen LogP contribution in [0.1, 0.15) is 23.1 Å². The lowest BCUT2D eigenvalue weighted by Gasteiger charge is -2.03. The molecule has 2 N–H and O–H groups in total. The molecule has 2 heterocycles. The largest absolute Gasteiger partial charge is 0.436 e. The number of aryl methyl sites for hydroxylation is 1. The lowest BCUT2D eigenvalue weighted by atomic mass is 10.1. The van der Waals surface area contributed by atoms with E-state index in [1.165, 1.54) is 11.9 Å². The van der Waals surface area contributed by atoms with Crippen LogP contribution >= 0.6 is 0 Å². The fourth-order valence-corrected chi connectivity index (χ4v) is 2.52. The molecule has 1 amide bonds. The average molecular weight is 333 g/mol. The second kappa shape index (κ2) is 6.20. The SMILES string of the molecule is CCc1ccc2oc(-c3ccc(NC(=O)c4ncn[nH]4)cc3)nc2c1. The Kier molecular flexibility index (Phi) is 3.74. The molecule has 4 rings (SSSR count). The Morgan fingerprint density at radius 2 is 2.04 bits per heavy atom. The monoisotopic (exact) mass is 333 g/mol. The zero-order valence-electron chi connectivity index (χ0n) is 13.5. The van der Waals surface area contributed by atoms with Gasteiger partial charge < -0.3 is 9.73 Å². The van der Waals surface area contributed by atoms with Crippen LogP contribution in [0.25, 0.3) is 22.6 Å². The first-order chi connectivity index (χ1) is 12.2. The highest BCUT2D eigenvalue weighted by Gasteiger charge is 2.11. The van der Waals surface area contributed by atoms with Crippen molar-refractivity contribution in [1.82, 2.24) is 20.2 Å². The maximum atomic E-state index is 11.9. The Balaban J connectivity index is 1.56. The number of aromatic nitrogens is 4. The highest BCUT2D eigenvalue weighted by Crippen LogP contribution is 2.26. The lowest BCUT2D eigenvalue weighted by molar-refractivity contribution is 0.101. The Morgan fingerprint density at radius 3 is 2.76 bits per heavy atom. The predicted molar refractivity (Wildman–Crippen MR) is 93.2 cm³/mol. The summed E-state index contributed by atoms with van der Waals surface area (Å²) >= 11 is 0. The minimum atomic E-state index is -0.348. The van der Waals surface area contributed by atoms with Crippen molar-refractivity contribution in [3.8, 4) is 11.5 Å². The third-order valence-corrected chi connectivity index (χ3v) is 3.88. The minimum Gasteiger partial charge on any atom is -0.436 e. The molecule has 0 bridgehead atoms. The number of oxazole rings is 1. The number of aromatic amines is 1. The fourth-order valence-electron chi connectivity index (χ4n) is 2.52.